The quantitative estimate of drug-likeness (QED) is 0.395. The predicted molar refractivity (Wildman–Crippen MR) is 112 cm³/mol. The minimum Gasteiger partial charge on any atom is -0.458 e. The maximum Gasteiger partial charge on any atom is 0.329 e. The Bertz CT molecular complexity index is 744. The van der Waals surface area contributed by atoms with Gasteiger partial charge in [0, 0.05) is 12.8 Å². The first-order valence-electron chi connectivity index (χ1n) is 9.80. The van der Waals surface area contributed by atoms with Gasteiger partial charge in [-0.3, -0.25) is 14.4 Å². The lowest BCUT2D eigenvalue weighted by molar-refractivity contribution is -0.159. The molecule has 3 atom stereocenters. The SMILES string of the molecule is C[C@H](N)C(=O)N[C@@H](Cc1ccccc1)C(=O)N[C@@H](CCC(N)=O)C(=O)OC(C)(C)C. The second-order valence-electron chi connectivity index (χ2n) is 8.14. The van der Waals surface area contributed by atoms with Crippen molar-refractivity contribution >= 4 is 23.7 Å². The summed E-state index contributed by atoms with van der Waals surface area (Å²) in [5, 5.41) is 5.18. The molecule has 0 heterocycles. The molecule has 1 aromatic carbocycles. The van der Waals surface area contributed by atoms with Crippen molar-refractivity contribution in [3.63, 3.8) is 0 Å². The number of nitrogens with one attached hydrogen (secondary N) is 2. The lowest BCUT2D eigenvalue weighted by atomic mass is 10.0. The van der Waals surface area contributed by atoms with Crippen LogP contribution in [0.1, 0.15) is 46.1 Å². The average Bonchev–Trinajstić information content (AvgIpc) is 2.63. The van der Waals surface area contributed by atoms with Crippen molar-refractivity contribution < 1.29 is 23.9 Å². The van der Waals surface area contributed by atoms with Crippen LogP contribution in [0.3, 0.4) is 0 Å². The number of hydrogen-bond acceptors (Lipinski definition) is 6. The van der Waals surface area contributed by atoms with Gasteiger partial charge < -0.3 is 26.8 Å². The third-order valence-corrected chi connectivity index (χ3v) is 4.02. The topological polar surface area (TPSA) is 154 Å². The number of primary amides is 1. The van der Waals surface area contributed by atoms with Gasteiger partial charge in [0.05, 0.1) is 6.04 Å². The number of rotatable bonds is 10. The molecule has 0 aliphatic heterocycles. The number of ether oxygens (including phenoxy) is 1. The molecule has 0 fully saturated rings. The molecular weight excluding hydrogens is 388 g/mol. The van der Waals surface area contributed by atoms with Gasteiger partial charge in [0.2, 0.25) is 17.7 Å². The highest BCUT2D eigenvalue weighted by atomic mass is 16.6. The summed E-state index contributed by atoms with van der Waals surface area (Å²) in [6, 6.07) is 6.23. The maximum absolute atomic E-state index is 12.9. The molecule has 9 heteroatoms. The van der Waals surface area contributed by atoms with E-state index in [0.717, 1.165) is 5.56 Å². The largest absolute Gasteiger partial charge is 0.458 e. The van der Waals surface area contributed by atoms with E-state index in [-0.39, 0.29) is 19.3 Å². The van der Waals surface area contributed by atoms with E-state index < -0.39 is 47.4 Å². The molecule has 6 N–H and O–H groups in total. The molecule has 0 spiro atoms. The van der Waals surface area contributed by atoms with Crippen LogP contribution in [-0.2, 0) is 30.3 Å². The molecule has 0 aliphatic rings. The number of carbonyl (C=O) groups is 4. The normalized spacial score (nSPS) is 14.2. The molecule has 0 saturated carbocycles. The summed E-state index contributed by atoms with van der Waals surface area (Å²) >= 11 is 0. The minimum atomic E-state index is -1.09. The Hall–Kier alpha value is -2.94. The van der Waals surface area contributed by atoms with Gasteiger partial charge >= 0.3 is 5.97 Å². The van der Waals surface area contributed by atoms with Gasteiger partial charge in [0.1, 0.15) is 17.7 Å². The summed E-state index contributed by atoms with van der Waals surface area (Å²) in [5.74, 6) is -2.39. The monoisotopic (exact) mass is 420 g/mol. The lowest BCUT2D eigenvalue weighted by Crippen LogP contribution is -2.55. The van der Waals surface area contributed by atoms with Gasteiger partial charge in [-0.1, -0.05) is 30.3 Å². The van der Waals surface area contributed by atoms with E-state index in [2.05, 4.69) is 10.6 Å². The van der Waals surface area contributed by atoms with Crippen LogP contribution in [0.4, 0.5) is 0 Å². The first-order chi connectivity index (χ1) is 13.9. The van der Waals surface area contributed by atoms with Gasteiger partial charge in [0.25, 0.3) is 0 Å². The fraction of sp³-hybridized carbons (Fsp3) is 0.524. The summed E-state index contributed by atoms with van der Waals surface area (Å²) in [6.45, 7) is 6.58. The molecule has 0 saturated heterocycles. The van der Waals surface area contributed by atoms with Crippen LogP contribution in [0.5, 0.6) is 0 Å². The Labute approximate surface area is 176 Å². The van der Waals surface area contributed by atoms with Crippen molar-refractivity contribution in [2.24, 2.45) is 11.5 Å². The first-order valence-corrected chi connectivity index (χ1v) is 9.80. The fourth-order valence-corrected chi connectivity index (χ4v) is 2.54. The van der Waals surface area contributed by atoms with Gasteiger partial charge in [-0.15, -0.1) is 0 Å². The van der Waals surface area contributed by atoms with Crippen molar-refractivity contribution in [1.82, 2.24) is 10.6 Å². The van der Waals surface area contributed by atoms with E-state index in [1.54, 1.807) is 20.8 Å². The fourth-order valence-electron chi connectivity index (χ4n) is 2.54. The van der Waals surface area contributed by atoms with Crippen LogP contribution in [-0.4, -0.2) is 47.4 Å². The van der Waals surface area contributed by atoms with Gasteiger partial charge in [0.15, 0.2) is 0 Å². The molecule has 0 unspecified atom stereocenters. The molecule has 1 rings (SSSR count). The van der Waals surface area contributed by atoms with Gasteiger partial charge in [-0.25, -0.2) is 4.79 Å². The Balaban J connectivity index is 3.01. The number of nitrogens with two attached hydrogens (primary N) is 2. The lowest BCUT2D eigenvalue weighted by Gasteiger charge is -2.26. The second-order valence-corrected chi connectivity index (χ2v) is 8.14. The van der Waals surface area contributed by atoms with Crippen LogP contribution in [0.15, 0.2) is 30.3 Å². The Morgan fingerprint density at radius 3 is 2.07 bits per heavy atom. The van der Waals surface area contributed by atoms with Crippen LogP contribution >= 0.6 is 0 Å². The maximum atomic E-state index is 12.9. The van der Waals surface area contributed by atoms with Crippen molar-refractivity contribution in [2.45, 2.75) is 70.7 Å². The van der Waals surface area contributed by atoms with Crippen LogP contribution in [0, 0.1) is 0 Å². The third-order valence-electron chi connectivity index (χ3n) is 4.02. The number of hydrogen-bond donors (Lipinski definition) is 4. The van der Waals surface area contributed by atoms with Crippen molar-refractivity contribution in [1.29, 1.82) is 0 Å². The molecule has 0 radical (unpaired) electrons. The summed E-state index contributed by atoms with van der Waals surface area (Å²) in [6.07, 6.45) is 0.0665. The van der Waals surface area contributed by atoms with Crippen molar-refractivity contribution in [2.75, 3.05) is 0 Å². The van der Waals surface area contributed by atoms with E-state index in [9.17, 15) is 19.2 Å². The zero-order valence-electron chi connectivity index (χ0n) is 17.9. The average molecular weight is 421 g/mol. The van der Waals surface area contributed by atoms with Crippen LogP contribution in [0.25, 0.3) is 0 Å². The highest BCUT2D eigenvalue weighted by Gasteiger charge is 2.30. The van der Waals surface area contributed by atoms with Gasteiger partial charge in [-0.2, -0.15) is 0 Å². The van der Waals surface area contributed by atoms with Crippen LogP contribution in [0.2, 0.25) is 0 Å². The standard InChI is InChI=1S/C21H32N4O5/c1-13(22)18(27)25-16(12-14-8-6-5-7-9-14)19(28)24-15(10-11-17(23)26)20(29)30-21(2,3)4/h5-9,13,15-16H,10-12,22H2,1-4H3,(H2,23,26)(H,24,28)(H,25,27)/t13-,15-,16-/m0/s1. The molecule has 1 aromatic rings. The molecule has 0 aromatic heterocycles. The summed E-state index contributed by atoms with van der Waals surface area (Å²) in [5.41, 5.74) is 10.8. The number of benzene rings is 1. The molecule has 166 valence electrons. The Morgan fingerprint density at radius 1 is 1.00 bits per heavy atom. The molecule has 3 amide bonds. The molecular formula is C21H32N4O5. The molecule has 9 nitrogen and oxygen atoms in total. The zero-order chi connectivity index (χ0) is 22.9. The smallest absolute Gasteiger partial charge is 0.329 e. The van der Waals surface area contributed by atoms with E-state index in [4.69, 9.17) is 16.2 Å². The third kappa shape index (κ3) is 9.51. The van der Waals surface area contributed by atoms with E-state index in [0.29, 0.717) is 0 Å². The van der Waals surface area contributed by atoms with Crippen LogP contribution < -0.4 is 22.1 Å². The highest BCUT2D eigenvalue weighted by Crippen LogP contribution is 2.12. The Kier molecular flexibility index (Phi) is 9.45. The highest BCUT2D eigenvalue weighted by molar-refractivity contribution is 5.92. The van der Waals surface area contributed by atoms with Crippen molar-refractivity contribution in [3.05, 3.63) is 35.9 Å². The minimum absolute atomic E-state index is 0.0186. The predicted octanol–water partition coefficient (Wildman–Crippen LogP) is 0.153. The second kappa shape index (κ2) is 11.3. The number of esters is 1. The van der Waals surface area contributed by atoms with E-state index >= 15 is 0 Å². The molecule has 30 heavy (non-hydrogen) atoms. The Morgan fingerprint density at radius 2 is 1.57 bits per heavy atom. The summed E-state index contributed by atoms with van der Waals surface area (Å²) in [4.78, 5) is 48.7. The van der Waals surface area contributed by atoms with E-state index in [1.807, 2.05) is 30.3 Å². The van der Waals surface area contributed by atoms with Gasteiger partial charge in [-0.05, 0) is 39.7 Å². The van der Waals surface area contributed by atoms with E-state index in [1.165, 1.54) is 6.92 Å². The number of carbonyl (C=O) groups excluding carboxylic acids is 4. The zero-order valence-corrected chi connectivity index (χ0v) is 17.9. The number of amides is 3. The van der Waals surface area contributed by atoms with Crippen molar-refractivity contribution in [3.8, 4) is 0 Å². The summed E-state index contributed by atoms with van der Waals surface area (Å²) < 4.78 is 5.34. The first kappa shape index (κ1) is 25.1. The molecule has 0 bridgehead atoms. The summed E-state index contributed by atoms with van der Waals surface area (Å²) in [7, 11) is 0. The molecule has 0 aliphatic carbocycles.